The number of hydrogen-bond acceptors (Lipinski definition) is 2. The minimum absolute atomic E-state index is 0.0736. The molecule has 76 valence electrons. The molecule has 0 saturated carbocycles. The molecule has 0 aliphatic rings. The zero-order valence-electron chi connectivity index (χ0n) is 8.07. The van der Waals surface area contributed by atoms with Crippen molar-refractivity contribution in [3.05, 3.63) is 40.0 Å². The second-order valence-corrected chi connectivity index (χ2v) is 2.54. The molecule has 0 aromatic heterocycles. The molecule has 0 radical (unpaired) electrons. The normalized spacial score (nSPS) is 8.40. The SMILES string of the molecule is COc1ccc(C#CCN=[N+]=[N-])cc1F. The Hall–Kier alpha value is -2.18. The molecular formula is C10H8FN3O. The van der Waals surface area contributed by atoms with Crippen LogP contribution >= 0.6 is 0 Å². The first kappa shape index (κ1) is 10.9. The lowest BCUT2D eigenvalue weighted by Gasteiger charge is -2.00. The molecule has 0 spiro atoms. The number of ether oxygens (including phenoxy) is 1. The van der Waals surface area contributed by atoms with Crippen LogP contribution in [0.15, 0.2) is 23.3 Å². The number of rotatable bonds is 2. The third-order valence-electron chi connectivity index (χ3n) is 1.60. The van der Waals surface area contributed by atoms with Gasteiger partial charge >= 0.3 is 0 Å². The molecule has 0 aliphatic heterocycles. The van der Waals surface area contributed by atoms with Crippen molar-refractivity contribution < 1.29 is 9.13 Å². The summed E-state index contributed by atoms with van der Waals surface area (Å²) in [5.41, 5.74) is 8.51. The molecule has 5 heteroatoms. The molecule has 1 aromatic rings. The van der Waals surface area contributed by atoms with Gasteiger partial charge in [-0.3, -0.25) is 0 Å². The first-order valence-electron chi connectivity index (χ1n) is 4.11. The molecule has 15 heavy (non-hydrogen) atoms. The molecule has 0 atom stereocenters. The first-order valence-corrected chi connectivity index (χ1v) is 4.11. The van der Waals surface area contributed by atoms with Gasteiger partial charge in [-0.2, -0.15) is 0 Å². The van der Waals surface area contributed by atoms with Crippen LogP contribution in [0, 0.1) is 17.7 Å². The number of methoxy groups -OCH3 is 1. The topological polar surface area (TPSA) is 58.0 Å². The largest absolute Gasteiger partial charge is 0.494 e. The fourth-order valence-corrected chi connectivity index (χ4v) is 0.953. The average Bonchev–Trinajstić information content (AvgIpc) is 2.25. The Labute approximate surface area is 86.3 Å². The average molecular weight is 205 g/mol. The van der Waals surface area contributed by atoms with Gasteiger partial charge in [0.1, 0.15) is 0 Å². The van der Waals surface area contributed by atoms with Crippen LogP contribution in [0.4, 0.5) is 4.39 Å². The Morgan fingerprint density at radius 2 is 2.40 bits per heavy atom. The molecule has 1 aromatic carbocycles. The Kier molecular flexibility index (Phi) is 4.02. The maximum atomic E-state index is 13.2. The van der Waals surface area contributed by atoms with E-state index in [1.54, 1.807) is 6.07 Å². The molecule has 0 saturated heterocycles. The summed E-state index contributed by atoms with van der Waals surface area (Å²) in [4.78, 5) is 2.54. The quantitative estimate of drug-likeness (QED) is 0.316. The lowest BCUT2D eigenvalue weighted by atomic mass is 10.2. The van der Waals surface area contributed by atoms with E-state index in [4.69, 9.17) is 10.3 Å². The van der Waals surface area contributed by atoms with Gasteiger partial charge in [-0.05, 0) is 23.7 Å². The van der Waals surface area contributed by atoms with E-state index < -0.39 is 5.82 Å². The van der Waals surface area contributed by atoms with Gasteiger partial charge in [0.25, 0.3) is 0 Å². The highest BCUT2D eigenvalue weighted by atomic mass is 19.1. The Bertz CT molecular complexity index is 455. The number of benzene rings is 1. The third kappa shape index (κ3) is 3.22. The summed E-state index contributed by atoms with van der Waals surface area (Å²) in [5, 5.41) is 3.23. The molecule has 0 heterocycles. The van der Waals surface area contributed by atoms with Crippen LogP contribution in [-0.2, 0) is 0 Å². The summed E-state index contributed by atoms with van der Waals surface area (Å²) >= 11 is 0. The predicted molar refractivity (Wildman–Crippen MR) is 53.8 cm³/mol. The van der Waals surface area contributed by atoms with E-state index in [-0.39, 0.29) is 12.3 Å². The van der Waals surface area contributed by atoms with Gasteiger partial charge < -0.3 is 4.74 Å². The highest BCUT2D eigenvalue weighted by Crippen LogP contribution is 2.16. The van der Waals surface area contributed by atoms with Crippen LogP contribution in [0.3, 0.4) is 0 Å². The molecule has 1 rings (SSSR count). The van der Waals surface area contributed by atoms with E-state index in [2.05, 4.69) is 21.9 Å². The van der Waals surface area contributed by atoms with Gasteiger partial charge in [0, 0.05) is 10.5 Å². The number of nitrogens with zero attached hydrogens (tertiary/aromatic N) is 3. The number of azide groups is 1. The zero-order chi connectivity index (χ0) is 11.1. The Balaban J connectivity index is 2.82. The molecule has 4 nitrogen and oxygen atoms in total. The van der Waals surface area contributed by atoms with Gasteiger partial charge in [-0.1, -0.05) is 17.0 Å². The molecular weight excluding hydrogens is 197 g/mol. The molecule has 0 bridgehead atoms. The molecule has 0 amide bonds. The minimum Gasteiger partial charge on any atom is -0.494 e. The van der Waals surface area contributed by atoms with Gasteiger partial charge in [0.05, 0.1) is 13.7 Å². The predicted octanol–water partition coefficient (Wildman–Crippen LogP) is 2.50. The summed E-state index contributed by atoms with van der Waals surface area (Å²) in [6.07, 6.45) is 0. The minimum atomic E-state index is -0.465. The smallest absolute Gasteiger partial charge is 0.166 e. The maximum absolute atomic E-state index is 13.2. The van der Waals surface area contributed by atoms with Crippen LogP contribution in [0.5, 0.6) is 5.75 Å². The monoisotopic (exact) mass is 205 g/mol. The fourth-order valence-electron chi connectivity index (χ4n) is 0.953. The number of hydrogen-bond donors (Lipinski definition) is 0. The second-order valence-electron chi connectivity index (χ2n) is 2.54. The zero-order valence-corrected chi connectivity index (χ0v) is 8.07. The van der Waals surface area contributed by atoms with Crippen LogP contribution < -0.4 is 4.74 Å². The van der Waals surface area contributed by atoms with Crippen LogP contribution in [0.1, 0.15) is 5.56 Å². The first-order chi connectivity index (χ1) is 7.27. The van der Waals surface area contributed by atoms with Gasteiger partial charge in [-0.15, -0.1) is 0 Å². The van der Waals surface area contributed by atoms with E-state index in [0.29, 0.717) is 5.56 Å². The van der Waals surface area contributed by atoms with Crippen molar-refractivity contribution in [2.24, 2.45) is 5.11 Å². The molecule has 0 N–H and O–H groups in total. The summed E-state index contributed by atoms with van der Waals surface area (Å²) in [6, 6.07) is 4.39. The Morgan fingerprint density at radius 1 is 1.60 bits per heavy atom. The van der Waals surface area contributed by atoms with E-state index >= 15 is 0 Å². The Morgan fingerprint density at radius 3 is 3.00 bits per heavy atom. The van der Waals surface area contributed by atoms with Crippen molar-refractivity contribution in [1.29, 1.82) is 0 Å². The van der Waals surface area contributed by atoms with E-state index in [1.807, 2.05) is 0 Å². The summed E-state index contributed by atoms with van der Waals surface area (Å²) < 4.78 is 17.9. The van der Waals surface area contributed by atoms with Crippen molar-refractivity contribution in [1.82, 2.24) is 0 Å². The molecule has 0 unspecified atom stereocenters. The van der Waals surface area contributed by atoms with Gasteiger partial charge in [-0.25, -0.2) is 4.39 Å². The summed E-state index contributed by atoms with van der Waals surface area (Å²) in [7, 11) is 1.39. The van der Waals surface area contributed by atoms with Crippen molar-refractivity contribution >= 4 is 0 Å². The highest BCUT2D eigenvalue weighted by Gasteiger charge is 2.00. The van der Waals surface area contributed by atoms with Crippen molar-refractivity contribution in [2.75, 3.05) is 13.7 Å². The van der Waals surface area contributed by atoms with Crippen LogP contribution in [-0.4, -0.2) is 13.7 Å². The van der Waals surface area contributed by atoms with Crippen molar-refractivity contribution in [2.45, 2.75) is 0 Å². The maximum Gasteiger partial charge on any atom is 0.166 e. The molecule has 0 fully saturated rings. The summed E-state index contributed by atoms with van der Waals surface area (Å²) in [6.45, 7) is 0.0736. The molecule has 0 aliphatic carbocycles. The fraction of sp³-hybridized carbons (Fsp3) is 0.200. The highest BCUT2D eigenvalue weighted by molar-refractivity contribution is 5.39. The van der Waals surface area contributed by atoms with Crippen molar-refractivity contribution in [3.63, 3.8) is 0 Å². The second kappa shape index (κ2) is 5.53. The summed E-state index contributed by atoms with van der Waals surface area (Å²) in [5.74, 6) is 4.96. The lowest BCUT2D eigenvalue weighted by Crippen LogP contribution is -1.88. The van der Waals surface area contributed by atoms with E-state index in [1.165, 1.54) is 19.2 Å². The lowest BCUT2D eigenvalue weighted by molar-refractivity contribution is 0.386. The van der Waals surface area contributed by atoms with Crippen molar-refractivity contribution in [3.8, 4) is 17.6 Å². The van der Waals surface area contributed by atoms with E-state index in [9.17, 15) is 4.39 Å². The van der Waals surface area contributed by atoms with E-state index in [0.717, 1.165) is 0 Å². The standard InChI is InChI=1S/C10H8FN3O/c1-15-10-5-4-8(7-9(10)11)3-2-6-13-14-12/h4-5,7H,6H2,1H3. The van der Waals surface area contributed by atoms with Crippen LogP contribution in [0.2, 0.25) is 0 Å². The van der Waals surface area contributed by atoms with Gasteiger partial charge in [0.15, 0.2) is 11.6 Å². The van der Waals surface area contributed by atoms with Crippen LogP contribution in [0.25, 0.3) is 10.4 Å². The number of halogens is 1. The van der Waals surface area contributed by atoms with Gasteiger partial charge in [0.2, 0.25) is 0 Å². The third-order valence-corrected chi connectivity index (χ3v) is 1.60.